The molecule has 0 saturated carbocycles. The Kier molecular flexibility index (Phi) is 5.23. The van der Waals surface area contributed by atoms with Gasteiger partial charge in [0, 0.05) is 56.9 Å². The monoisotopic (exact) mass is 446 g/mol. The second kappa shape index (κ2) is 8.07. The van der Waals surface area contributed by atoms with Gasteiger partial charge < -0.3 is 14.8 Å². The normalized spacial score (nSPS) is 14.8. The molecule has 4 aromatic rings. The van der Waals surface area contributed by atoms with Crippen LogP contribution in [0.1, 0.15) is 0 Å². The van der Waals surface area contributed by atoms with E-state index in [1.807, 2.05) is 31.4 Å². The number of aryl methyl sites for hydroxylation is 1. The van der Waals surface area contributed by atoms with E-state index in [-0.39, 0.29) is 0 Å². The summed E-state index contributed by atoms with van der Waals surface area (Å²) in [4.78, 5) is 7.43. The Morgan fingerprint density at radius 1 is 0.875 bits per heavy atom. The fourth-order valence-electron chi connectivity index (χ4n) is 4.30. The molecule has 1 N–H and O–H groups in total. The van der Waals surface area contributed by atoms with Gasteiger partial charge in [0.1, 0.15) is 0 Å². The fraction of sp³-hybridized carbons (Fsp3) is 0.240. The van der Waals surface area contributed by atoms with Crippen LogP contribution < -0.4 is 10.2 Å². The van der Waals surface area contributed by atoms with Crippen molar-refractivity contribution in [3.63, 3.8) is 0 Å². The number of hydrogen-bond donors (Lipinski definition) is 1. The Morgan fingerprint density at radius 2 is 1.53 bits per heavy atom. The standard InChI is InChI=1S/C25H26N4O2S/c1-28-24(19-5-9-22(10-6-19)32(2,30)31)16-23-25(28)15-20(17-27-23)18-3-7-21(8-4-18)29-13-11-26-12-14-29/h3-10,15-17,26H,11-14H2,1-2H3. The summed E-state index contributed by atoms with van der Waals surface area (Å²) in [6, 6.07) is 19.9. The van der Waals surface area contributed by atoms with Crippen molar-refractivity contribution in [3.8, 4) is 22.4 Å². The van der Waals surface area contributed by atoms with E-state index in [9.17, 15) is 8.42 Å². The van der Waals surface area contributed by atoms with Gasteiger partial charge in [-0.2, -0.15) is 0 Å². The SMILES string of the molecule is Cn1c(-c2ccc(S(C)(=O)=O)cc2)cc2ncc(-c3ccc(N4CCNCC4)cc3)cc21. The first kappa shape index (κ1) is 20.7. The number of pyridine rings is 1. The summed E-state index contributed by atoms with van der Waals surface area (Å²) in [5.41, 5.74) is 7.37. The Labute approximate surface area is 188 Å². The average Bonchev–Trinajstić information content (AvgIpc) is 3.15. The molecule has 2 aromatic carbocycles. The molecule has 5 rings (SSSR count). The van der Waals surface area contributed by atoms with Crippen LogP contribution in [-0.4, -0.2) is 50.4 Å². The Balaban J connectivity index is 1.46. The highest BCUT2D eigenvalue weighted by molar-refractivity contribution is 7.90. The first-order valence-corrected chi connectivity index (χ1v) is 12.6. The van der Waals surface area contributed by atoms with Crippen LogP contribution in [0.15, 0.2) is 71.8 Å². The van der Waals surface area contributed by atoms with E-state index in [1.165, 1.54) is 11.9 Å². The zero-order chi connectivity index (χ0) is 22.3. The fourth-order valence-corrected chi connectivity index (χ4v) is 4.93. The molecule has 1 aliphatic heterocycles. The number of aromatic nitrogens is 2. The number of piperazine rings is 1. The molecule has 1 fully saturated rings. The van der Waals surface area contributed by atoms with Crippen molar-refractivity contribution in [1.29, 1.82) is 0 Å². The molecule has 0 unspecified atom stereocenters. The van der Waals surface area contributed by atoms with Gasteiger partial charge in [-0.25, -0.2) is 8.42 Å². The number of nitrogens with one attached hydrogen (secondary N) is 1. The maximum atomic E-state index is 11.8. The average molecular weight is 447 g/mol. The van der Waals surface area contributed by atoms with Crippen molar-refractivity contribution in [1.82, 2.24) is 14.9 Å². The van der Waals surface area contributed by atoms with Crippen LogP contribution in [-0.2, 0) is 16.9 Å². The Morgan fingerprint density at radius 3 is 2.19 bits per heavy atom. The first-order valence-electron chi connectivity index (χ1n) is 10.7. The number of sulfone groups is 1. The van der Waals surface area contributed by atoms with Crippen LogP contribution in [0.5, 0.6) is 0 Å². The molecule has 2 aromatic heterocycles. The molecular formula is C25H26N4O2S. The minimum atomic E-state index is -3.21. The molecule has 0 atom stereocenters. The van der Waals surface area contributed by atoms with Gasteiger partial charge in [-0.05, 0) is 47.5 Å². The maximum Gasteiger partial charge on any atom is 0.175 e. The van der Waals surface area contributed by atoms with Crippen molar-refractivity contribution in [2.24, 2.45) is 7.05 Å². The summed E-state index contributed by atoms with van der Waals surface area (Å²) < 4.78 is 25.6. The topological polar surface area (TPSA) is 67.2 Å². The molecule has 164 valence electrons. The number of fused-ring (bicyclic) bond motifs is 1. The van der Waals surface area contributed by atoms with Crippen molar-refractivity contribution in [2.75, 3.05) is 37.3 Å². The second-order valence-electron chi connectivity index (χ2n) is 8.30. The third-order valence-electron chi connectivity index (χ3n) is 6.15. The highest BCUT2D eigenvalue weighted by atomic mass is 32.2. The van der Waals surface area contributed by atoms with Crippen LogP contribution in [0.3, 0.4) is 0 Å². The second-order valence-corrected chi connectivity index (χ2v) is 10.3. The van der Waals surface area contributed by atoms with Gasteiger partial charge in [0.05, 0.1) is 21.6 Å². The van der Waals surface area contributed by atoms with Crippen LogP contribution in [0, 0.1) is 0 Å². The number of benzene rings is 2. The van der Waals surface area contributed by atoms with Gasteiger partial charge in [0.25, 0.3) is 0 Å². The molecule has 6 nitrogen and oxygen atoms in total. The molecule has 32 heavy (non-hydrogen) atoms. The summed E-state index contributed by atoms with van der Waals surface area (Å²) >= 11 is 0. The quantitative estimate of drug-likeness (QED) is 0.518. The van der Waals surface area contributed by atoms with E-state index in [0.717, 1.165) is 59.6 Å². The van der Waals surface area contributed by atoms with E-state index >= 15 is 0 Å². The van der Waals surface area contributed by atoms with E-state index in [2.05, 4.69) is 45.1 Å². The van der Waals surface area contributed by atoms with Crippen LogP contribution >= 0.6 is 0 Å². The Hall–Kier alpha value is -3.16. The van der Waals surface area contributed by atoms with Crippen molar-refractivity contribution in [2.45, 2.75) is 4.90 Å². The van der Waals surface area contributed by atoms with Gasteiger partial charge in [-0.3, -0.25) is 4.98 Å². The zero-order valence-corrected chi connectivity index (χ0v) is 19.1. The zero-order valence-electron chi connectivity index (χ0n) is 18.2. The number of anilines is 1. The summed E-state index contributed by atoms with van der Waals surface area (Å²) in [6.07, 6.45) is 3.14. The number of rotatable bonds is 4. The summed E-state index contributed by atoms with van der Waals surface area (Å²) in [5, 5.41) is 3.39. The van der Waals surface area contributed by atoms with Crippen molar-refractivity contribution in [3.05, 3.63) is 66.9 Å². The molecule has 0 radical (unpaired) electrons. The number of nitrogens with zero attached hydrogens (tertiary/aromatic N) is 3. The molecule has 0 bridgehead atoms. The van der Waals surface area contributed by atoms with Gasteiger partial charge >= 0.3 is 0 Å². The van der Waals surface area contributed by atoms with Crippen LogP contribution in [0.25, 0.3) is 33.4 Å². The van der Waals surface area contributed by atoms with Crippen molar-refractivity contribution >= 4 is 26.6 Å². The molecule has 3 heterocycles. The lowest BCUT2D eigenvalue weighted by Gasteiger charge is -2.29. The Bertz CT molecular complexity index is 1370. The van der Waals surface area contributed by atoms with E-state index in [0.29, 0.717) is 4.90 Å². The van der Waals surface area contributed by atoms with Crippen LogP contribution in [0.4, 0.5) is 5.69 Å². The summed E-state index contributed by atoms with van der Waals surface area (Å²) in [6.45, 7) is 4.11. The molecular weight excluding hydrogens is 420 g/mol. The highest BCUT2D eigenvalue weighted by Crippen LogP contribution is 2.30. The molecule has 1 aliphatic rings. The smallest absolute Gasteiger partial charge is 0.175 e. The molecule has 0 amide bonds. The third kappa shape index (κ3) is 3.89. The lowest BCUT2D eigenvalue weighted by atomic mass is 10.1. The lowest BCUT2D eigenvalue weighted by molar-refractivity contribution is 0.589. The van der Waals surface area contributed by atoms with Crippen LogP contribution in [0.2, 0.25) is 0 Å². The summed E-state index contributed by atoms with van der Waals surface area (Å²) in [7, 11) is -1.19. The predicted octanol–water partition coefficient (Wildman–Crippen LogP) is 3.72. The first-order chi connectivity index (χ1) is 15.4. The van der Waals surface area contributed by atoms with Gasteiger partial charge in [-0.1, -0.05) is 24.3 Å². The van der Waals surface area contributed by atoms with Gasteiger partial charge in [0.15, 0.2) is 9.84 Å². The minimum Gasteiger partial charge on any atom is -0.369 e. The summed E-state index contributed by atoms with van der Waals surface area (Å²) in [5.74, 6) is 0. The van der Waals surface area contributed by atoms with Crippen molar-refractivity contribution < 1.29 is 8.42 Å². The van der Waals surface area contributed by atoms with Gasteiger partial charge in [-0.15, -0.1) is 0 Å². The largest absolute Gasteiger partial charge is 0.369 e. The van der Waals surface area contributed by atoms with E-state index < -0.39 is 9.84 Å². The minimum absolute atomic E-state index is 0.324. The maximum absolute atomic E-state index is 11.8. The molecule has 0 spiro atoms. The highest BCUT2D eigenvalue weighted by Gasteiger charge is 2.13. The molecule has 7 heteroatoms. The molecule has 1 saturated heterocycles. The predicted molar refractivity (Wildman–Crippen MR) is 130 cm³/mol. The third-order valence-corrected chi connectivity index (χ3v) is 7.28. The number of hydrogen-bond acceptors (Lipinski definition) is 5. The lowest BCUT2D eigenvalue weighted by Crippen LogP contribution is -2.43. The van der Waals surface area contributed by atoms with E-state index in [1.54, 1.807) is 12.1 Å². The van der Waals surface area contributed by atoms with E-state index in [4.69, 9.17) is 4.98 Å². The van der Waals surface area contributed by atoms with Gasteiger partial charge in [0.2, 0.25) is 0 Å². The molecule has 0 aliphatic carbocycles.